The van der Waals surface area contributed by atoms with E-state index in [2.05, 4.69) is 123 Å². The molecule has 2 heteroatoms. The average molecular weight is 501 g/mol. The molecule has 0 spiro atoms. The van der Waals surface area contributed by atoms with Crippen molar-refractivity contribution in [1.82, 2.24) is 0 Å². The maximum Gasteiger partial charge on any atom is 0.0991 e. The van der Waals surface area contributed by atoms with E-state index in [0.717, 1.165) is 17.1 Å². The van der Waals surface area contributed by atoms with Gasteiger partial charge >= 0.3 is 0 Å². The zero-order valence-electron chi connectivity index (χ0n) is 22.4. The first kappa shape index (κ1) is 23.3. The Morgan fingerprint density at radius 2 is 1.00 bits per heavy atom. The summed E-state index contributed by atoms with van der Waals surface area (Å²) in [6.07, 6.45) is 0. The Kier molecular flexibility index (Phi) is 5.12. The van der Waals surface area contributed by atoms with Crippen LogP contribution in [-0.4, -0.2) is 0 Å². The summed E-state index contributed by atoms with van der Waals surface area (Å²) in [5.74, 6) is 0. The van der Waals surface area contributed by atoms with Crippen LogP contribution in [0, 0.1) is 11.3 Å². The first-order valence-corrected chi connectivity index (χ1v) is 13.4. The number of fused-ring (bicyclic) bond motifs is 1. The molecule has 7 aromatic carbocycles. The molecule has 2 nitrogen and oxygen atoms in total. The van der Waals surface area contributed by atoms with E-state index >= 15 is 0 Å². The molecule has 0 bridgehead atoms. The molecule has 0 heterocycles. The minimum atomic E-state index is 0.0963. The summed E-state index contributed by atoms with van der Waals surface area (Å²) in [4.78, 5) is 2.29. The van der Waals surface area contributed by atoms with E-state index < -0.39 is 0 Å². The summed E-state index contributed by atoms with van der Waals surface area (Å²) in [5, 5.41) is 19.5. The second kappa shape index (κ2) is 8.58. The third-order valence-corrected chi connectivity index (χ3v) is 7.89. The van der Waals surface area contributed by atoms with E-state index in [1.807, 2.05) is 24.3 Å². The van der Waals surface area contributed by atoms with Gasteiger partial charge in [0.05, 0.1) is 11.6 Å². The van der Waals surface area contributed by atoms with E-state index in [1.54, 1.807) is 0 Å². The monoisotopic (exact) mass is 500 g/mol. The van der Waals surface area contributed by atoms with Crippen LogP contribution in [0.15, 0.2) is 115 Å². The maximum absolute atomic E-state index is 9.39. The lowest BCUT2D eigenvalue weighted by Crippen LogP contribution is -2.11. The van der Waals surface area contributed by atoms with Crippen molar-refractivity contribution >= 4 is 60.2 Å². The number of nitriles is 1. The number of hydrogen-bond donors (Lipinski definition) is 0. The molecule has 0 aromatic heterocycles. The molecule has 0 aliphatic carbocycles. The highest BCUT2D eigenvalue weighted by Gasteiger charge is 2.19. The van der Waals surface area contributed by atoms with E-state index in [4.69, 9.17) is 0 Å². The molecular formula is C37H28N2. The predicted octanol–water partition coefficient (Wildman–Crippen LogP) is 10.4. The van der Waals surface area contributed by atoms with Crippen molar-refractivity contribution in [1.29, 1.82) is 5.26 Å². The van der Waals surface area contributed by atoms with Crippen LogP contribution in [-0.2, 0) is 5.41 Å². The van der Waals surface area contributed by atoms with Gasteiger partial charge in [-0.1, -0.05) is 87.5 Å². The Labute approximate surface area is 228 Å². The fraction of sp³-hybridized carbons (Fsp3) is 0.108. The van der Waals surface area contributed by atoms with Gasteiger partial charge in [0.2, 0.25) is 0 Å². The number of nitrogens with zero attached hydrogens (tertiary/aromatic N) is 2. The number of hydrogen-bond acceptors (Lipinski definition) is 2. The summed E-state index contributed by atoms with van der Waals surface area (Å²) in [6, 6.07) is 43.5. The van der Waals surface area contributed by atoms with Gasteiger partial charge in [0.15, 0.2) is 0 Å². The minimum Gasteiger partial charge on any atom is -0.310 e. The van der Waals surface area contributed by atoms with Crippen molar-refractivity contribution < 1.29 is 0 Å². The Balaban J connectivity index is 1.47. The van der Waals surface area contributed by atoms with Crippen LogP contribution in [0.3, 0.4) is 0 Å². The lowest BCUT2D eigenvalue weighted by Gasteiger charge is -2.27. The third kappa shape index (κ3) is 3.87. The summed E-state index contributed by atoms with van der Waals surface area (Å²) >= 11 is 0. The molecule has 0 fully saturated rings. The van der Waals surface area contributed by atoms with Crippen molar-refractivity contribution in [2.75, 3.05) is 4.90 Å². The van der Waals surface area contributed by atoms with Crippen molar-refractivity contribution in [3.05, 3.63) is 126 Å². The Morgan fingerprint density at radius 3 is 1.56 bits per heavy atom. The van der Waals surface area contributed by atoms with E-state index in [1.165, 1.54) is 48.7 Å². The Morgan fingerprint density at radius 1 is 0.513 bits per heavy atom. The fourth-order valence-corrected chi connectivity index (χ4v) is 5.83. The average Bonchev–Trinajstić information content (AvgIpc) is 2.95. The zero-order valence-corrected chi connectivity index (χ0v) is 22.4. The number of rotatable bonds is 3. The summed E-state index contributed by atoms with van der Waals surface area (Å²) < 4.78 is 0. The molecule has 0 saturated heterocycles. The predicted molar refractivity (Wildman–Crippen MR) is 166 cm³/mol. The highest BCUT2D eigenvalue weighted by Crippen LogP contribution is 2.43. The summed E-state index contributed by atoms with van der Waals surface area (Å²) in [6.45, 7) is 6.82. The van der Waals surface area contributed by atoms with Crippen LogP contribution < -0.4 is 4.90 Å². The molecule has 0 radical (unpaired) electrons. The lowest BCUT2D eigenvalue weighted by atomic mass is 9.83. The molecule has 0 atom stereocenters. The Bertz CT molecular complexity index is 1990. The van der Waals surface area contributed by atoms with E-state index in [9.17, 15) is 5.26 Å². The molecular weight excluding hydrogens is 472 g/mol. The molecule has 186 valence electrons. The zero-order chi connectivity index (χ0) is 26.7. The normalized spacial score (nSPS) is 11.9. The number of anilines is 3. The summed E-state index contributed by atoms with van der Waals surface area (Å²) in [7, 11) is 0. The molecule has 0 unspecified atom stereocenters. The van der Waals surface area contributed by atoms with Gasteiger partial charge in [-0.15, -0.1) is 0 Å². The van der Waals surface area contributed by atoms with Crippen LogP contribution >= 0.6 is 0 Å². The fourth-order valence-electron chi connectivity index (χ4n) is 5.83. The molecule has 0 saturated carbocycles. The Hall–Kier alpha value is -4.87. The van der Waals surface area contributed by atoms with Gasteiger partial charge < -0.3 is 4.90 Å². The van der Waals surface area contributed by atoms with Crippen LogP contribution in [0.1, 0.15) is 31.9 Å². The van der Waals surface area contributed by atoms with Gasteiger partial charge in [-0.3, -0.25) is 0 Å². The first-order chi connectivity index (χ1) is 18.9. The van der Waals surface area contributed by atoms with Gasteiger partial charge in [-0.05, 0) is 103 Å². The van der Waals surface area contributed by atoms with E-state index in [0.29, 0.717) is 5.56 Å². The molecule has 39 heavy (non-hydrogen) atoms. The maximum atomic E-state index is 9.39. The standard InChI is InChI=1S/C37H28N2/c1-37(2,3)31-18-27-10-12-29-21-34(22-30-13-11-28(19-31)35(27)36(29)30)39(32-15-8-24(23-38)9-16-32)33-17-14-25-6-4-5-7-26(25)20-33/h4-22H,1-3H3. The SMILES string of the molecule is CC(C)(C)c1cc2ccc3cc(N(c4ccc(C#N)cc4)c4ccc5ccccc5c4)cc4ccc(c1)c2c34. The van der Waals surface area contributed by atoms with Gasteiger partial charge in [-0.25, -0.2) is 0 Å². The highest BCUT2D eigenvalue weighted by molar-refractivity contribution is 6.24. The van der Waals surface area contributed by atoms with Crippen LogP contribution in [0.5, 0.6) is 0 Å². The van der Waals surface area contributed by atoms with Gasteiger partial charge in [0, 0.05) is 17.1 Å². The smallest absolute Gasteiger partial charge is 0.0991 e. The lowest BCUT2D eigenvalue weighted by molar-refractivity contribution is 0.591. The quantitative estimate of drug-likeness (QED) is 0.226. The van der Waals surface area contributed by atoms with Gasteiger partial charge in [-0.2, -0.15) is 5.26 Å². The second-order valence-corrected chi connectivity index (χ2v) is 11.5. The first-order valence-electron chi connectivity index (χ1n) is 13.4. The highest BCUT2D eigenvalue weighted by atomic mass is 15.1. The second-order valence-electron chi connectivity index (χ2n) is 11.5. The van der Waals surface area contributed by atoms with E-state index in [-0.39, 0.29) is 5.41 Å². The molecule has 0 N–H and O–H groups in total. The van der Waals surface area contributed by atoms with Crippen LogP contribution in [0.4, 0.5) is 17.1 Å². The van der Waals surface area contributed by atoms with Crippen molar-refractivity contribution in [2.45, 2.75) is 26.2 Å². The summed E-state index contributed by atoms with van der Waals surface area (Å²) in [5.41, 5.74) is 5.31. The van der Waals surface area contributed by atoms with Gasteiger partial charge in [0.1, 0.15) is 0 Å². The topological polar surface area (TPSA) is 27.0 Å². The molecule has 7 aromatic rings. The van der Waals surface area contributed by atoms with Crippen molar-refractivity contribution in [3.63, 3.8) is 0 Å². The molecule has 0 aliphatic heterocycles. The van der Waals surface area contributed by atoms with Crippen LogP contribution in [0.2, 0.25) is 0 Å². The number of benzene rings is 7. The van der Waals surface area contributed by atoms with Gasteiger partial charge in [0.25, 0.3) is 0 Å². The molecule has 7 rings (SSSR count). The van der Waals surface area contributed by atoms with Crippen LogP contribution in [0.25, 0.3) is 43.1 Å². The van der Waals surface area contributed by atoms with Crippen molar-refractivity contribution in [2.24, 2.45) is 0 Å². The molecule has 0 aliphatic rings. The third-order valence-electron chi connectivity index (χ3n) is 7.89. The minimum absolute atomic E-state index is 0.0963. The van der Waals surface area contributed by atoms with Crippen molar-refractivity contribution in [3.8, 4) is 6.07 Å². The molecule has 0 amide bonds. The largest absolute Gasteiger partial charge is 0.310 e.